The van der Waals surface area contributed by atoms with Crippen LogP contribution in [0.3, 0.4) is 0 Å². The fraction of sp³-hybridized carbons (Fsp3) is 0.429. The highest BCUT2D eigenvalue weighted by Crippen LogP contribution is 2.17. The van der Waals surface area contributed by atoms with Crippen LogP contribution in [0.15, 0.2) is 30.3 Å². The van der Waals surface area contributed by atoms with Gasteiger partial charge in [0.2, 0.25) is 0 Å². The first-order valence-corrected chi connectivity index (χ1v) is 5.99. The quantitative estimate of drug-likeness (QED) is 0.642. The van der Waals surface area contributed by atoms with Crippen molar-refractivity contribution in [2.75, 3.05) is 14.1 Å². The zero-order chi connectivity index (χ0) is 11.7. The summed E-state index contributed by atoms with van der Waals surface area (Å²) in [6.45, 7) is 4.37. The first kappa shape index (κ1) is 14.7. The third-order valence-electron chi connectivity index (χ3n) is 3.56. The van der Waals surface area contributed by atoms with Gasteiger partial charge in [0.1, 0.15) is 0 Å². The second-order valence-corrected chi connectivity index (χ2v) is 4.62. The molecule has 0 saturated heterocycles. The van der Waals surface area contributed by atoms with Crippen LogP contribution in [0.5, 0.6) is 0 Å². The number of halogens is 1. The molecule has 1 N–H and O–H groups in total. The zero-order valence-electron chi connectivity index (χ0n) is 11.0. The van der Waals surface area contributed by atoms with E-state index in [-0.39, 0.29) is 24.0 Å². The van der Waals surface area contributed by atoms with Crippen molar-refractivity contribution >= 4 is 5.70 Å². The van der Waals surface area contributed by atoms with Gasteiger partial charge in [-0.3, -0.25) is 0 Å². The summed E-state index contributed by atoms with van der Waals surface area (Å²) in [5.41, 5.74) is 4.06. The maximum absolute atomic E-state index is 2.39. The van der Waals surface area contributed by atoms with E-state index in [2.05, 4.69) is 63.3 Å². The van der Waals surface area contributed by atoms with E-state index in [1.54, 1.807) is 0 Å². The zero-order valence-corrected chi connectivity index (χ0v) is 13.2. The van der Waals surface area contributed by atoms with Crippen molar-refractivity contribution in [1.29, 1.82) is 0 Å². The van der Waals surface area contributed by atoms with Gasteiger partial charge in [0.15, 0.2) is 5.70 Å². The minimum atomic E-state index is 0. The number of quaternary nitrogens is 1. The van der Waals surface area contributed by atoms with Crippen LogP contribution in [0.4, 0.5) is 0 Å². The molecule has 0 fully saturated rings. The molecule has 3 heteroatoms. The SMILES string of the molecule is CCC1C=C(c2ccc(C)cc2)[NH+](C)N1C.[I-]. The lowest BCUT2D eigenvalue weighted by molar-refractivity contribution is -0.927. The van der Waals surface area contributed by atoms with Gasteiger partial charge in [0, 0.05) is 18.7 Å². The summed E-state index contributed by atoms with van der Waals surface area (Å²) in [5.74, 6) is 0. The minimum Gasteiger partial charge on any atom is -1.00 e. The molecule has 2 nitrogen and oxygen atoms in total. The highest BCUT2D eigenvalue weighted by Gasteiger charge is 2.31. The van der Waals surface area contributed by atoms with E-state index in [0.29, 0.717) is 6.04 Å². The Kier molecular flexibility index (Phi) is 5.16. The van der Waals surface area contributed by atoms with Gasteiger partial charge >= 0.3 is 0 Å². The molecule has 1 aromatic rings. The molecule has 1 aliphatic rings. The molecule has 1 aliphatic heterocycles. The summed E-state index contributed by atoms with van der Waals surface area (Å²) >= 11 is 0. The fourth-order valence-corrected chi connectivity index (χ4v) is 2.29. The molecule has 1 heterocycles. The Balaban J connectivity index is 0.00000144. The maximum Gasteiger partial charge on any atom is 0.155 e. The van der Waals surface area contributed by atoms with Gasteiger partial charge in [-0.15, -0.1) is 5.01 Å². The minimum absolute atomic E-state index is 0. The average molecular weight is 344 g/mol. The lowest BCUT2D eigenvalue weighted by Gasteiger charge is -2.22. The summed E-state index contributed by atoms with van der Waals surface area (Å²) in [5, 5.41) is 3.76. The lowest BCUT2D eigenvalue weighted by atomic mass is 10.1. The number of hydrogen-bond donors (Lipinski definition) is 1. The Morgan fingerprint density at radius 3 is 2.29 bits per heavy atom. The third-order valence-corrected chi connectivity index (χ3v) is 3.56. The summed E-state index contributed by atoms with van der Waals surface area (Å²) in [6.07, 6.45) is 3.56. The topological polar surface area (TPSA) is 7.68 Å². The van der Waals surface area contributed by atoms with E-state index in [1.165, 1.54) is 28.3 Å². The second-order valence-electron chi connectivity index (χ2n) is 4.62. The number of likely N-dealkylation sites (N-methyl/N-ethyl adjacent to an activating group) is 1. The Morgan fingerprint density at radius 2 is 1.82 bits per heavy atom. The lowest BCUT2D eigenvalue weighted by Crippen LogP contribution is -3.11. The largest absolute Gasteiger partial charge is 1.00 e. The first-order valence-electron chi connectivity index (χ1n) is 5.99. The molecule has 0 radical (unpaired) electrons. The van der Waals surface area contributed by atoms with Crippen LogP contribution in [0.25, 0.3) is 5.70 Å². The van der Waals surface area contributed by atoms with Crippen LogP contribution in [0, 0.1) is 6.92 Å². The number of aryl methyl sites for hydroxylation is 1. The first-order chi connectivity index (χ1) is 7.63. The normalized spacial score (nSPS) is 24.4. The van der Waals surface area contributed by atoms with E-state index in [0.717, 1.165) is 0 Å². The molecule has 0 spiro atoms. The highest BCUT2D eigenvalue weighted by molar-refractivity contribution is 5.60. The number of nitrogens with one attached hydrogen (secondary N) is 1. The van der Waals surface area contributed by atoms with Gasteiger partial charge in [-0.2, -0.15) is 0 Å². The van der Waals surface area contributed by atoms with Gasteiger partial charge in [0.25, 0.3) is 0 Å². The standard InChI is InChI=1S/C14H20N2.HI/c1-5-13-10-14(16(4)15(13)3)12-8-6-11(2)7-9-12;/h6-10,13H,5H2,1-4H3;1H. The van der Waals surface area contributed by atoms with E-state index >= 15 is 0 Å². The predicted molar refractivity (Wildman–Crippen MR) is 67.9 cm³/mol. The maximum atomic E-state index is 2.39. The molecule has 94 valence electrons. The summed E-state index contributed by atoms with van der Waals surface area (Å²) in [4.78, 5) is 0. The molecule has 1 aromatic carbocycles. The van der Waals surface area contributed by atoms with Gasteiger partial charge in [-0.25, -0.2) is 5.01 Å². The Hall–Kier alpha value is -0.390. The van der Waals surface area contributed by atoms with Crippen molar-refractivity contribution in [3.8, 4) is 0 Å². The van der Waals surface area contributed by atoms with Crippen molar-refractivity contribution in [3.05, 3.63) is 41.5 Å². The number of benzene rings is 1. The molecular formula is C14H21IN2. The van der Waals surface area contributed by atoms with Crippen molar-refractivity contribution in [2.45, 2.75) is 26.3 Å². The number of hydrogen-bond acceptors (Lipinski definition) is 1. The number of rotatable bonds is 2. The molecule has 2 rings (SSSR count). The molecule has 0 amide bonds. The molecule has 2 atom stereocenters. The van der Waals surface area contributed by atoms with Crippen LogP contribution >= 0.6 is 0 Å². The van der Waals surface area contributed by atoms with Crippen LogP contribution < -0.4 is 29.0 Å². The van der Waals surface area contributed by atoms with Crippen molar-refractivity contribution < 1.29 is 29.0 Å². The van der Waals surface area contributed by atoms with Crippen LogP contribution in [-0.4, -0.2) is 25.1 Å². The summed E-state index contributed by atoms with van der Waals surface area (Å²) < 4.78 is 0. The van der Waals surface area contributed by atoms with Gasteiger partial charge in [-0.1, -0.05) is 24.6 Å². The Bertz CT molecular complexity index is 397. The van der Waals surface area contributed by atoms with E-state index in [4.69, 9.17) is 0 Å². The van der Waals surface area contributed by atoms with Crippen molar-refractivity contribution in [1.82, 2.24) is 5.01 Å². The average Bonchev–Trinajstić information content (AvgIpc) is 2.57. The van der Waals surface area contributed by atoms with Crippen LogP contribution in [0.2, 0.25) is 0 Å². The Labute approximate surface area is 121 Å². The van der Waals surface area contributed by atoms with Gasteiger partial charge < -0.3 is 24.0 Å². The molecule has 2 unspecified atom stereocenters. The fourth-order valence-electron chi connectivity index (χ4n) is 2.29. The third kappa shape index (κ3) is 2.89. The Morgan fingerprint density at radius 1 is 1.24 bits per heavy atom. The van der Waals surface area contributed by atoms with Crippen molar-refractivity contribution in [2.24, 2.45) is 0 Å². The molecule has 17 heavy (non-hydrogen) atoms. The van der Waals surface area contributed by atoms with Crippen molar-refractivity contribution in [3.63, 3.8) is 0 Å². The van der Waals surface area contributed by atoms with E-state index in [9.17, 15) is 0 Å². The molecular weight excluding hydrogens is 323 g/mol. The van der Waals surface area contributed by atoms with Crippen LogP contribution in [0.1, 0.15) is 24.5 Å². The summed E-state index contributed by atoms with van der Waals surface area (Å²) in [7, 11) is 4.39. The van der Waals surface area contributed by atoms with E-state index < -0.39 is 0 Å². The van der Waals surface area contributed by atoms with Gasteiger partial charge in [0.05, 0.1) is 13.1 Å². The monoisotopic (exact) mass is 344 g/mol. The molecule has 0 aliphatic carbocycles. The van der Waals surface area contributed by atoms with Crippen LogP contribution in [-0.2, 0) is 0 Å². The molecule has 0 saturated carbocycles. The predicted octanol–water partition coefficient (Wildman–Crippen LogP) is -1.51. The van der Waals surface area contributed by atoms with Gasteiger partial charge in [-0.05, 0) is 25.5 Å². The second kappa shape index (κ2) is 5.98. The molecule has 0 bridgehead atoms. The summed E-state index contributed by atoms with van der Waals surface area (Å²) in [6, 6.07) is 9.37. The highest BCUT2D eigenvalue weighted by atomic mass is 127. The van der Waals surface area contributed by atoms with E-state index in [1.807, 2.05) is 0 Å². The molecule has 0 aromatic heterocycles. The smallest absolute Gasteiger partial charge is 0.155 e. The number of nitrogens with zero attached hydrogens (tertiary/aromatic N) is 1.